The van der Waals surface area contributed by atoms with Crippen LogP contribution < -0.4 is 20.1 Å². The Morgan fingerprint density at radius 2 is 1.96 bits per heavy atom. The van der Waals surface area contributed by atoms with Crippen LogP contribution in [0, 0.1) is 0 Å². The fourth-order valence-electron chi connectivity index (χ4n) is 2.42. The molecule has 2 aromatic rings. The van der Waals surface area contributed by atoms with Crippen LogP contribution in [0.1, 0.15) is 18.1 Å². The van der Waals surface area contributed by atoms with Crippen LogP contribution >= 0.6 is 11.6 Å². The van der Waals surface area contributed by atoms with Crippen molar-refractivity contribution in [3.8, 4) is 11.5 Å². The number of aliphatic hydroxyl groups excluding tert-OH is 1. The highest BCUT2D eigenvalue weighted by molar-refractivity contribution is 6.31. The number of hydrogen-bond acceptors (Lipinski definition) is 4. The quantitative estimate of drug-likeness (QED) is 0.452. The monoisotopic (exact) mass is 391 g/mol. The van der Waals surface area contributed by atoms with E-state index < -0.39 is 0 Å². The molecule has 0 aliphatic rings. The van der Waals surface area contributed by atoms with Gasteiger partial charge in [0.2, 0.25) is 0 Å². The van der Waals surface area contributed by atoms with Crippen LogP contribution in [-0.4, -0.2) is 37.9 Å². The molecule has 0 fully saturated rings. The van der Waals surface area contributed by atoms with Crippen molar-refractivity contribution < 1.29 is 14.6 Å². The molecule has 0 aliphatic carbocycles. The van der Waals surface area contributed by atoms with Crippen LogP contribution in [0.4, 0.5) is 0 Å². The van der Waals surface area contributed by atoms with Crippen molar-refractivity contribution in [3.63, 3.8) is 0 Å². The summed E-state index contributed by atoms with van der Waals surface area (Å²) in [4.78, 5) is 4.61. The Bertz CT molecular complexity index is 753. The first kappa shape index (κ1) is 20.9. The third-order valence-electron chi connectivity index (χ3n) is 3.74. The van der Waals surface area contributed by atoms with Crippen LogP contribution in [0.15, 0.2) is 47.5 Å². The van der Waals surface area contributed by atoms with Gasteiger partial charge in [-0.25, -0.2) is 4.99 Å². The van der Waals surface area contributed by atoms with Crippen molar-refractivity contribution in [2.75, 3.05) is 26.9 Å². The lowest BCUT2D eigenvalue weighted by Gasteiger charge is -2.13. The van der Waals surface area contributed by atoms with Crippen molar-refractivity contribution in [2.24, 2.45) is 4.99 Å². The highest BCUT2D eigenvalue weighted by Crippen LogP contribution is 2.28. The SMILES string of the molecule is CCNC(=NCc1ccc(OCCO)c(OC)c1)NCc1ccccc1Cl. The van der Waals surface area contributed by atoms with E-state index in [9.17, 15) is 0 Å². The second-order valence-corrected chi connectivity index (χ2v) is 6.10. The Hall–Kier alpha value is -2.44. The van der Waals surface area contributed by atoms with Gasteiger partial charge in [0.05, 0.1) is 20.3 Å². The lowest BCUT2D eigenvalue weighted by atomic mass is 10.2. The summed E-state index contributed by atoms with van der Waals surface area (Å²) in [6, 6.07) is 13.4. The van der Waals surface area contributed by atoms with Gasteiger partial charge in [0.25, 0.3) is 0 Å². The maximum Gasteiger partial charge on any atom is 0.191 e. The molecule has 0 saturated carbocycles. The molecule has 0 bridgehead atoms. The zero-order valence-electron chi connectivity index (χ0n) is 15.7. The molecule has 0 atom stereocenters. The predicted octanol–water partition coefficient (Wildman–Crippen LogP) is 2.98. The molecule has 0 radical (unpaired) electrons. The zero-order chi connectivity index (χ0) is 19.5. The smallest absolute Gasteiger partial charge is 0.191 e. The first-order chi connectivity index (χ1) is 13.2. The van der Waals surface area contributed by atoms with Gasteiger partial charge in [0.15, 0.2) is 17.5 Å². The van der Waals surface area contributed by atoms with E-state index >= 15 is 0 Å². The van der Waals surface area contributed by atoms with Crippen LogP contribution in [0.25, 0.3) is 0 Å². The first-order valence-electron chi connectivity index (χ1n) is 8.84. The molecule has 0 unspecified atom stereocenters. The molecule has 2 rings (SSSR count). The minimum absolute atomic E-state index is 0.0433. The molecule has 6 nitrogen and oxygen atoms in total. The predicted molar refractivity (Wildman–Crippen MR) is 109 cm³/mol. The number of nitrogens with one attached hydrogen (secondary N) is 2. The Morgan fingerprint density at radius 3 is 2.67 bits per heavy atom. The van der Waals surface area contributed by atoms with E-state index in [-0.39, 0.29) is 13.2 Å². The maximum absolute atomic E-state index is 8.89. The zero-order valence-corrected chi connectivity index (χ0v) is 16.4. The summed E-state index contributed by atoms with van der Waals surface area (Å²) in [5.74, 6) is 1.92. The minimum atomic E-state index is -0.0433. The van der Waals surface area contributed by atoms with Gasteiger partial charge in [0.1, 0.15) is 6.61 Å². The molecular formula is C20H26ClN3O3. The summed E-state index contributed by atoms with van der Waals surface area (Å²) in [5.41, 5.74) is 2.00. The van der Waals surface area contributed by atoms with Gasteiger partial charge < -0.3 is 25.2 Å². The van der Waals surface area contributed by atoms with Crippen molar-refractivity contribution >= 4 is 17.6 Å². The summed E-state index contributed by atoms with van der Waals surface area (Å²) in [7, 11) is 1.59. The molecular weight excluding hydrogens is 366 g/mol. The lowest BCUT2D eigenvalue weighted by Crippen LogP contribution is -2.36. The van der Waals surface area contributed by atoms with Crippen molar-refractivity contribution in [1.82, 2.24) is 10.6 Å². The first-order valence-corrected chi connectivity index (χ1v) is 9.21. The van der Waals surface area contributed by atoms with Crippen LogP contribution in [0.2, 0.25) is 5.02 Å². The van der Waals surface area contributed by atoms with Crippen molar-refractivity contribution in [3.05, 3.63) is 58.6 Å². The van der Waals surface area contributed by atoms with Crippen molar-refractivity contribution in [1.29, 1.82) is 0 Å². The largest absolute Gasteiger partial charge is 0.493 e. The fraction of sp³-hybridized carbons (Fsp3) is 0.350. The minimum Gasteiger partial charge on any atom is -0.493 e. The second kappa shape index (κ2) is 11.3. The van der Waals surface area contributed by atoms with E-state index in [4.69, 9.17) is 26.2 Å². The van der Waals surface area contributed by atoms with E-state index in [1.165, 1.54) is 0 Å². The van der Waals surface area contributed by atoms with Gasteiger partial charge in [-0.05, 0) is 36.2 Å². The molecule has 7 heteroatoms. The molecule has 27 heavy (non-hydrogen) atoms. The molecule has 146 valence electrons. The van der Waals surface area contributed by atoms with Crippen LogP contribution in [0.3, 0.4) is 0 Å². The highest BCUT2D eigenvalue weighted by Gasteiger charge is 2.06. The summed E-state index contributed by atoms with van der Waals surface area (Å²) in [6.45, 7) is 4.02. The maximum atomic E-state index is 8.89. The number of ether oxygens (including phenoxy) is 2. The molecule has 0 aromatic heterocycles. The van der Waals surface area contributed by atoms with E-state index in [0.29, 0.717) is 30.5 Å². The lowest BCUT2D eigenvalue weighted by molar-refractivity contribution is 0.196. The molecule has 0 amide bonds. The Labute approximate surface area is 165 Å². The van der Waals surface area contributed by atoms with Gasteiger partial charge in [-0.15, -0.1) is 0 Å². The number of methoxy groups -OCH3 is 1. The van der Waals surface area contributed by atoms with E-state index in [0.717, 1.165) is 22.7 Å². The average molecular weight is 392 g/mol. The summed E-state index contributed by atoms with van der Waals surface area (Å²) < 4.78 is 10.8. The second-order valence-electron chi connectivity index (χ2n) is 5.70. The molecule has 0 heterocycles. The standard InChI is InChI=1S/C20H26ClN3O3/c1-3-22-20(24-14-16-6-4-5-7-17(16)21)23-13-15-8-9-18(27-11-10-25)19(12-15)26-2/h4-9,12,25H,3,10-11,13-14H2,1-2H3,(H2,22,23,24). The summed E-state index contributed by atoms with van der Waals surface area (Å²) >= 11 is 6.20. The Morgan fingerprint density at radius 1 is 1.15 bits per heavy atom. The Kier molecular flexibility index (Phi) is 8.74. The number of halogens is 1. The number of guanidine groups is 1. The highest BCUT2D eigenvalue weighted by atomic mass is 35.5. The third-order valence-corrected chi connectivity index (χ3v) is 4.11. The van der Waals surface area contributed by atoms with Gasteiger partial charge in [-0.3, -0.25) is 0 Å². The Balaban J connectivity index is 2.04. The molecule has 2 aromatic carbocycles. The molecule has 0 spiro atoms. The third kappa shape index (κ3) is 6.66. The van der Waals surface area contributed by atoms with Gasteiger partial charge in [-0.2, -0.15) is 0 Å². The van der Waals surface area contributed by atoms with Crippen LogP contribution in [0.5, 0.6) is 11.5 Å². The number of benzene rings is 2. The van der Waals surface area contributed by atoms with Gasteiger partial charge in [0, 0.05) is 18.1 Å². The summed E-state index contributed by atoms with van der Waals surface area (Å²) in [6.07, 6.45) is 0. The van der Waals surface area contributed by atoms with Crippen LogP contribution in [-0.2, 0) is 13.1 Å². The van der Waals surface area contributed by atoms with E-state index in [1.54, 1.807) is 7.11 Å². The topological polar surface area (TPSA) is 75.1 Å². The average Bonchev–Trinajstić information content (AvgIpc) is 2.69. The number of nitrogens with zero attached hydrogens (tertiary/aromatic N) is 1. The molecule has 3 N–H and O–H groups in total. The number of rotatable bonds is 9. The molecule has 0 saturated heterocycles. The normalized spacial score (nSPS) is 11.2. The van der Waals surface area contributed by atoms with Gasteiger partial charge >= 0.3 is 0 Å². The van der Waals surface area contributed by atoms with E-state index in [1.807, 2.05) is 49.4 Å². The number of aliphatic imine (C=N–C) groups is 1. The number of hydrogen-bond donors (Lipinski definition) is 3. The van der Waals surface area contributed by atoms with Gasteiger partial charge in [-0.1, -0.05) is 35.9 Å². The number of aliphatic hydroxyl groups is 1. The fourth-order valence-corrected chi connectivity index (χ4v) is 2.62. The van der Waals surface area contributed by atoms with E-state index in [2.05, 4.69) is 15.6 Å². The van der Waals surface area contributed by atoms with Crippen molar-refractivity contribution in [2.45, 2.75) is 20.0 Å². The molecule has 0 aliphatic heterocycles. The summed E-state index contributed by atoms with van der Waals surface area (Å²) in [5, 5.41) is 16.1.